The predicted molar refractivity (Wildman–Crippen MR) is 120 cm³/mol. The molecule has 0 atom stereocenters. The van der Waals surface area contributed by atoms with Crippen LogP contribution in [0.15, 0.2) is 90.3 Å². The van der Waals surface area contributed by atoms with Crippen molar-refractivity contribution < 1.29 is 4.79 Å². The number of nitrogens with zero attached hydrogens (tertiary/aromatic N) is 6. The highest BCUT2D eigenvalue weighted by molar-refractivity contribution is 7.99. The number of rotatable bonds is 7. The third kappa shape index (κ3) is 4.63. The number of aromatic nitrogens is 4. The van der Waals surface area contributed by atoms with E-state index in [2.05, 4.69) is 21.3 Å². The van der Waals surface area contributed by atoms with Gasteiger partial charge in [0.1, 0.15) is 6.54 Å². The smallest absolute Gasteiger partial charge is 0.238 e. The Kier molecular flexibility index (Phi) is 6.35. The summed E-state index contributed by atoms with van der Waals surface area (Å²) in [5.74, 6) is 0.615. The summed E-state index contributed by atoms with van der Waals surface area (Å²) in [5, 5.41) is 18.5. The highest BCUT2D eigenvalue weighted by Crippen LogP contribution is 2.28. The highest BCUT2D eigenvalue weighted by Gasteiger charge is 2.20. The number of carbonyl (C=O) groups is 1. The normalized spacial score (nSPS) is 10.4. The minimum Gasteiger partial charge on any atom is -0.298 e. The lowest BCUT2D eigenvalue weighted by Gasteiger charge is -2.19. The summed E-state index contributed by atoms with van der Waals surface area (Å²) in [6.07, 6.45) is 3.41. The third-order valence-corrected chi connectivity index (χ3v) is 5.42. The van der Waals surface area contributed by atoms with Crippen molar-refractivity contribution in [3.05, 3.63) is 85.2 Å². The Balaban J connectivity index is 1.62. The number of anilines is 1. The molecule has 1 amide bonds. The van der Waals surface area contributed by atoms with Gasteiger partial charge in [-0.1, -0.05) is 48.2 Å². The number of hydrogen-bond acceptors (Lipinski definition) is 6. The maximum Gasteiger partial charge on any atom is 0.238 e. The first-order valence-electron chi connectivity index (χ1n) is 9.54. The van der Waals surface area contributed by atoms with Crippen molar-refractivity contribution in [1.82, 2.24) is 19.7 Å². The van der Waals surface area contributed by atoms with Gasteiger partial charge in [0.05, 0.1) is 11.8 Å². The summed E-state index contributed by atoms with van der Waals surface area (Å²) in [6, 6.07) is 24.7. The van der Waals surface area contributed by atoms with E-state index in [9.17, 15) is 10.1 Å². The Bertz CT molecular complexity index is 1190. The maximum absolute atomic E-state index is 12.9. The molecule has 0 N–H and O–H groups in total. The van der Waals surface area contributed by atoms with Crippen molar-refractivity contribution in [2.45, 2.75) is 5.16 Å². The Morgan fingerprint density at radius 2 is 1.65 bits per heavy atom. The molecule has 0 aliphatic rings. The van der Waals surface area contributed by atoms with Crippen molar-refractivity contribution in [2.24, 2.45) is 0 Å². The maximum atomic E-state index is 12.9. The van der Waals surface area contributed by atoms with E-state index in [0.29, 0.717) is 16.7 Å². The van der Waals surface area contributed by atoms with Crippen molar-refractivity contribution in [3.63, 3.8) is 0 Å². The summed E-state index contributed by atoms with van der Waals surface area (Å²) in [4.78, 5) is 18.5. The molecule has 0 aliphatic carbocycles. The van der Waals surface area contributed by atoms with Crippen LogP contribution >= 0.6 is 11.8 Å². The van der Waals surface area contributed by atoms with Crippen LogP contribution in [-0.4, -0.2) is 38.0 Å². The minimum absolute atomic E-state index is 0.0168. The first kappa shape index (κ1) is 20.3. The van der Waals surface area contributed by atoms with Crippen molar-refractivity contribution >= 4 is 23.4 Å². The molecular formula is C23H18N6OS. The quantitative estimate of drug-likeness (QED) is 0.328. The van der Waals surface area contributed by atoms with Gasteiger partial charge in [-0.25, -0.2) is 0 Å². The zero-order chi connectivity index (χ0) is 21.5. The van der Waals surface area contributed by atoms with Gasteiger partial charge in [0.15, 0.2) is 11.0 Å². The highest BCUT2D eigenvalue weighted by atomic mass is 32.2. The zero-order valence-electron chi connectivity index (χ0n) is 16.5. The van der Waals surface area contributed by atoms with E-state index in [1.165, 1.54) is 16.7 Å². The molecule has 2 aromatic carbocycles. The summed E-state index contributed by atoms with van der Waals surface area (Å²) >= 11 is 1.29. The topological polar surface area (TPSA) is 87.7 Å². The molecule has 31 heavy (non-hydrogen) atoms. The molecule has 0 aliphatic heterocycles. The van der Waals surface area contributed by atoms with Crippen LogP contribution < -0.4 is 4.90 Å². The van der Waals surface area contributed by atoms with Crippen LogP contribution in [0.1, 0.15) is 0 Å². The average molecular weight is 427 g/mol. The SMILES string of the molecule is N#CCN(C(=O)CSc1nnc(-c2ccncc2)n1-c1ccccc1)c1ccccc1. The minimum atomic E-state index is -0.175. The van der Waals surface area contributed by atoms with E-state index in [4.69, 9.17) is 0 Å². The molecule has 0 bridgehead atoms. The van der Waals surface area contributed by atoms with Crippen LogP contribution in [0.5, 0.6) is 0 Å². The summed E-state index contributed by atoms with van der Waals surface area (Å²) in [7, 11) is 0. The van der Waals surface area contributed by atoms with E-state index >= 15 is 0 Å². The molecule has 0 saturated carbocycles. The molecule has 152 valence electrons. The molecule has 0 unspecified atom stereocenters. The number of amides is 1. The van der Waals surface area contributed by atoms with Crippen LogP contribution in [0.3, 0.4) is 0 Å². The molecule has 2 heterocycles. The van der Waals surface area contributed by atoms with Crippen molar-refractivity contribution in [2.75, 3.05) is 17.2 Å². The fraction of sp³-hybridized carbons (Fsp3) is 0.0870. The Hall–Kier alpha value is -3.96. The lowest BCUT2D eigenvalue weighted by atomic mass is 10.2. The van der Waals surface area contributed by atoms with Gasteiger partial charge in [-0.05, 0) is 36.4 Å². The first-order chi connectivity index (χ1) is 15.3. The Morgan fingerprint density at radius 1 is 0.968 bits per heavy atom. The third-order valence-electron chi connectivity index (χ3n) is 4.51. The first-order valence-corrected chi connectivity index (χ1v) is 10.5. The van der Waals surface area contributed by atoms with Crippen LogP contribution in [0, 0.1) is 11.3 Å². The van der Waals surface area contributed by atoms with E-state index < -0.39 is 0 Å². The molecular weight excluding hydrogens is 408 g/mol. The molecule has 0 spiro atoms. The largest absolute Gasteiger partial charge is 0.298 e. The standard InChI is InChI=1S/C23H18N6OS/c24-13-16-28(19-7-3-1-4-8-19)21(30)17-31-23-27-26-22(18-11-14-25-15-12-18)29(23)20-9-5-2-6-10-20/h1-12,14-15H,16-17H2. The molecule has 0 radical (unpaired) electrons. The van der Waals surface area contributed by atoms with Crippen molar-refractivity contribution in [1.29, 1.82) is 5.26 Å². The van der Waals surface area contributed by atoms with Crippen LogP contribution in [-0.2, 0) is 4.79 Å². The molecule has 7 nitrogen and oxygen atoms in total. The van der Waals surface area contributed by atoms with E-state index in [0.717, 1.165) is 11.3 Å². The van der Waals surface area contributed by atoms with Crippen LogP contribution in [0.2, 0.25) is 0 Å². The Labute approximate surface area is 184 Å². The van der Waals surface area contributed by atoms with Gasteiger partial charge >= 0.3 is 0 Å². The fourth-order valence-corrected chi connectivity index (χ4v) is 3.90. The van der Waals surface area contributed by atoms with Gasteiger partial charge in [-0.3, -0.25) is 19.2 Å². The van der Waals surface area contributed by atoms with Gasteiger partial charge in [0.2, 0.25) is 5.91 Å². The monoisotopic (exact) mass is 426 g/mol. The predicted octanol–water partition coefficient (Wildman–Crippen LogP) is 3.98. The van der Waals surface area contributed by atoms with Gasteiger partial charge in [0, 0.05) is 29.3 Å². The second kappa shape index (κ2) is 9.69. The number of para-hydroxylation sites is 2. The van der Waals surface area contributed by atoms with E-state index in [1.54, 1.807) is 12.4 Å². The second-order valence-electron chi connectivity index (χ2n) is 6.48. The average Bonchev–Trinajstić information content (AvgIpc) is 3.26. The van der Waals surface area contributed by atoms with E-state index in [1.807, 2.05) is 77.4 Å². The Morgan fingerprint density at radius 3 is 2.32 bits per heavy atom. The lowest BCUT2D eigenvalue weighted by Crippen LogP contribution is -2.32. The van der Waals surface area contributed by atoms with Gasteiger partial charge in [-0.2, -0.15) is 5.26 Å². The molecule has 4 rings (SSSR count). The number of pyridine rings is 1. The van der Waals surface area contributed by atoms with Crippen LogP contribution in [0.4, 0.5) is 5.69 Å². The number of thioether (sulfide) groups is 1. The van der Waals surface area contributed by atoms with E-state index in [-0.39, 0.29) is 18.2 Å². The molecule has 0 fully saturated rings. The number of nitriles is 1. The molecule has 0 saturated heterocycles. The number of hydrogen-bond donors (Lipinski definition) is 0. The summed E-state index contributed by atoms with van der Waals surface area (Å²) < 4.78 is 1.92. The fourth-order valence-electron chi connectivity index (χ4n) is 3.07. The number of carbonyl (C=O) groups excluding carboxylic acids is 1. The molecule has 8 heteroatoms. The molecule has 2 aromatic heterocycles. The zero-order valence-corrected chi connectivity index (χ0v) is 17.3. The van der Waals surface area contributed by atoms with Gasteiger partial charge in [0.25, 0.3) is 0 Å². The summed E-state index contributed by atoms with van der Waals surface area (Å²) in [5.41, 5.74) is 2.46. The summed E-state index contributed by atoms with van der Waals surface area (Å²) in [6.45, 7) is -0.0168. The lowest BCUT2D eigenvalue weighted by molar-refractivity contribution is -0.116. The van der Waals surface area contributed by atoms with Crippen LogP contribution in [0.25, 0.3) is 17.1 Å². The van der Waals surface area contributed by atoms with Crippen molar-refractivity contribution in [3.8, 4) is 23.1 Å². The number of benzene rings is 2. The second-order valence-corrected chi connectivity index (χ2v) is 7.42. The van der Waals surface area contributed by atoms with Gasteiger partial charge < -0.3 is 0 Å². The van der Waals surface area contributed by atoms with Gasteiger partial charge in [-0.15, -0.1) is 10.2 Å². The molecule has 4 aromatic rings.